The van der Waals surface area contributed by atoms with E-state index in [1.165, 1.54) is 18.3 Å². The smallest absolute Gasteiger partial charge is 0.325 e. The molecule has 3 heterocycles. The molecule has 3 rings (SSSR count). The lowest BCUT2D eigenvalue weighted by Crippen LogP contribution is -2.61. The Labute approximate surface area is 287 Å². The number of amides is 1. The molecule has 0 saturated heterocycles. The molecule has 0 aliphatic carbocycles. The van der Waals surface area contributed by atoms with E-state index >= 15 is 0 Å². The summed E-state index contributed by atoms with van der Waals surface area (Å²) in [6.07, 6.45) is -0.933. The highest BCUT2D eigenvalue weighted by Gasteiger charge is 2.57. The number of aromatic amines is 2. The molecule has 0 saturated carbocycles. The maximum Gasteiger partial charge on any atom is 0.325 e. The van der Waals surface area contributed by atoms with Crippen molar-refractivity contribution >= 4 is 64.0 Å². The summed E-state index contributed by atoms with van der Waals surface area (Å²) in [4.78, 5) is 115. The van der Waals surface area contributed by atoms with Gasteiger partial charge in [0.25, 0.3) is 11.5 Å². The minimum atomic E-state index is -3.31. The molecule has 1 unspecified atom stereocenters. The molecule has 21 heteroatoms. The van der Waals surface area contributed by atoms with E-state index in [9.17, 15) is 53.7 Å². The standard InChI is InChI=1S/C30H37N9O12/c1-39(9-8-13-11-35-24-21(13)26(47)38-29(33)37-24)14-2-4-18(34-12-14)25(46)36-17(5-7-20(42)43)23(45)30(28(50)51,10-16(32)27(48)49)22(44)15(31)3-6-19(40)41/h2,4,11-12,15-17H,3,5-10,31-32H2,1H3,(H,36,46)(H,40,41)(H,42,43)(H,48,49)(H,50,51)(H4,33,35,37,38,47)/t15-,16-,17-,30?/m0/s1. The monoisotopic (exact) mass is 715 g/mol. The molecule has 0 fully saturated rings. The second kappa shape index (κ2) is 16.5. The number of nitrogens with zero attached hydrogens (tertiary/aromatic N) is 3. The molecule has 4 atom stereocenters. The number of rotatable bonds is 20. The first-order valence-electron chi connectivity index (χ1n) is 15.2. The second-order valence-corrected chi connectivity index (χ2v) is 11.6. The van der Waals surface area contributed by atoms with Crippen LogP contribution in [0.3, 0.4) is 0 Å². The molecule has 0 bridgehead atoms. The van der Waals surface area contributed by atoms with E-state index in [0.717, 1.165) is 0 Å². The van der Waals surface area contributed by atoms with Crippen LogP contribution in [-0.2, 0) is 35.2 Å². The van der Waals surface area contributed by atoms with Crippen LogP contribution in [0.4, 0.5) is 11.6 Å². The average Bonchev–Trinajstić information content (AvgIpc) is 3.48. The van der Waals surface area contributed by atoms with E-state index in [1.807, 2.05) is 0 Å². The van der Waals surface area contributed by atoms with Gasteiger partial charge in [0.2, 0.25) is 5.95 Å². The Morgan fingerprint density at radius 3 is 2.18 bits per heavy atom. The van der Waals surface area contributed by atoms with Crippen LogP contribution in [0, 0.1) is 5.41 Å². The van der Waals surface area contributed by atoms with Crippen molar-refractivity contribution < 1.29 is 54.0 Å². The molecule has 21 nitrogen and oxygen atoms in total. The van der Waals surface area contributed by atoms with E-state index in [0.29, 0.717) is 35.2 Å². The van der Waals surface area contributed by atoms with Crippen molar-refractivity contribution in [2.75, 3.05) is 24.2 Å². The Bertz CT molecular complexity index is 1890. The lowest BCUT2D eigenvalue weighted by molar-refractivity contribution is -0.162. The van der Waals surface area contributed by atoms with Crippen molar-refractivity contribution in [2.45, 2.75) is 56.7 Å². The molecule has 0 spiro atoms. The highest BCUT2D eigenvalue weighted by Crippen LogP contribution is 2.32. The molecule has 0 aliphatic heterocycles. The summed E-state index contributed by atoms with van der Waals surface area (Å²) in [5, 5.41) is 40.4. The zero-order valence-electron chi connectivity index (χ0n) is 27.1. The number of aromatic nitrogens is 4. The van der Waals surface area contributed by atoms with Gasteiger partial charge in [0, 0.05) is 39.1 Å². The quantitative estimate of drug-likeness (QED) is 0.0569. The summed E-state index contributed by atoms with van der Waals surface area (Å²) in [5.41, 5.74) is 14.4. The third-order valence-corrected chi connectivity index (χ3v) is 8.10. The molecule has 3 aromatic heterocycles. The third-order valence-electron chi connectivity index (χ3n) is 8.10. The van der Waals surface area contributed by atoms with Crippen LogP contribution in [0.15, 0.2) is 29.3 Å². The number of pyridine rings is 1. The molecule has 51 heavy (non-hydrogen) atoms. The predicted octanol–water partition coefficient (Wildman–Crippen LogP) is -1.93. The van der Waals surface area contributed by atoms with Crippen LogP contribution in [0.2, 0.25) is 0 Å². The topological polar surface area (TPSA) is 368 Å². The fraction of sp³-hybridized carbons (Fsp3) is 0.400. The number of ketones is 2. The number of carbonyl (C=O) groups excluding carboxylic acids is 3. The number of nitrogen functional groups attached to an aromatic ring is 1. The van der Waals surface area contributed by atoms with Crippen LogP contribution in [0.1, 0.15) is 48.2 Å². The van der Waals surface area contributed by atoms with Gasteiger partial charge in [0.05, 0.1) is 29.4 Å². The Morgan fingerprint density at radius 2 is 1.61 bits per heavy atom. The summed E-state index contributed by atoms with van der Waals surface area (Å²) < 4.78 is 0. The van der Waals surface area contributed by atoms with Gasteiger partial charge in [-0.15, -0.1) is 0 Å². The maximum absolute atomic E-state index is 14.0. The second-order valence-electron chi connectivity index (χ2n) is 11.6. The average molecular weight is 716 g/mol. The number of hydrogen-bond donors (Lipinski definition) is 10. The Kier molecular flexibility index (Phi) is 12.7. The van der Waals surface area contributed by atoms with Crippen molar-refractivity contribution in [1.82, 2.24) is 25.3 Å². The van der Waals surface area contributed by atoms with Gasteiger partial charge in [0.15, 0.2) is 17.0 Å². The fourth-order valence-corrected chi connectivity index (χ4v) is 5.31. The Morgan fingerprint density at radius 1 is 0.961 bits per heavy atom. The molecular formula is C30H37N9O12. The third kappa shape index (κ3) is 9.27. The summed E-state index contributed by atoms with van der Waals surface area (Å²) in [5.74, 6) is -11.1. The number of anilines is 2. The van der Waals surface area contributed by atoms with Gasteiger partial charge in [0.1, 0.15) is 17.4 Å². The van der Waals surface area contributed by atoms with Crippen LogP contribution in [0.5, 0.6) is 0 Å². The molecule has 0 radical (unpaired) electrons. The number of carboxylic acid groups (broad SMARTS) is 4. The van der Waals surface area contributed by atoms with Crippen molar-refractivity contribution in [3.63, 3.8) is 0 Å². The number of nitrogens with one attached hydrogen (secondary N) is 3. The zero-order valence-corrected chi connectivity index (χ0v) is 27.1. The van der Waals surface area contributed by atoms with E-state index < -0.39 is 103 Å². The number of aliphatic carboxylic acids is 4. The lowest BCUT2D eigenvalue weighted by atomic mass is 9.69. The van der Waals surface area contributed by atoms with Gasteiger partial charge in [-0.05, 0) is 37.0 Å². The number of Topliss-reactive ketones (excluding diaryl/α,β-unsaturated/α-hetero) is 2. The number of fused-ring (bicyclic) bond motifs is 1. The summed E-state index contributed by atoms with van der Waals surface area (Å²) in [6, 6.07) is -3.28. The molecule has 0 aromatic carbocycles. The Hall–Kier alpha value is -6.22. The minimum Gasteiger partial charge on any atom is -0.481 e. The highest BCUT2D eigenvalue weighted by atomic mass is 16.4. The molecule has 13 N–H and O–H groups in total. The van der Waals surface area contributed by atoms with Crippen LogP contribution >= 0.6 is 0 Å². The summed E-state index contributed by atoms with van der Waals surface area (Å²) in [7, 11) is 1.71. The number of nitrogens with two attached hydrogens (primary N) is 3. The van der Waals surface area contributed by atoms with E-state index in [2.05, 4.69) is 25.3 Å². The fourth-order valence-electron chi connectivity index (χ4n) is 5.31. The normalized spacial score (nSPS) is 14.1. The molecule has 274 valence electrons. The molecule has 0 aliphatic rings. The summed E-state index contributed by atoms with van der Waals surface area (Å²) >= 11 is 0. The highest BCUT2D eigenvalue weighted by molar-refractivity contribution is 6.25. The number of carbonyl (C=O) groups is 7. The molecule has 3 aromatic rings. The van der Waals surface area contributed by atoms with Crippen LogP contribution in [0.25, 0.3) is 11.0 Å². The van der Waals surface area contributed by atoms with Crippen molar-refractivity contribution in [3.8, 4) is 0 Å². The first kappa shape index (κ1) is 39.2. The molecular weight excluding hydrogens is 678 g/mol. The van der Waals surface area contributed by atoms with Gasteiger partial charge in [-0.25, -0.2) is 4.98 Å². The minimum absolute atomic E-state index is 0.0416. The van der Waals surface area contributed by atoms with E-state index in [1.54, 1.807) is 18.1 Å². The van der Waals surface area contributed by atoms with E-state index in [4.69, 9.17) is 22.3 Å². The van der Waals surface area contributed by atoms with Gasteiger partial charge >= 0.3 is 23.9 Å². The number of likely N-dealkylation sites (N-methyl/N-ethyl adjacent to an activating group) is 1. The van der Waals surface area contributed by atoms with Crippen LogP contribution < -0.4 is 33.0 Å². The SMILES string of the molecule is CN(CCc1c[nH]c2nc(N)[nH]c(=O)c12)c1ccc(C(=O)N[C@@H](CCC(=O)O)C(=O)C(C[C@H](N)C(=O)O)(C(=O)O)C(=O)[C@@H](N)CCC(=O)O)nc1. The van der Waals surface area contributed by atoms with E-state index in [-0.39, 0.29) is 11.6 Å². The Balaban J connectivity index is 1.87. The molecule has 1 amide bonds. The van der Waals surface area contributed by atoms with Crippen LogP contribution in [-0.4, -0.2) is 113 Å². The number of H-pyrrole nitrogens is 2. The predicted molar refractivity (Wildman–Crippen MR) is 176 cm³/mol. The first-order valence-corrected chi connectivity index (χ1v) is 15.2. The maximum atomic E-state index is 14.0. The van der Waals surface area contributed by atoms with Gasteiger partial charge in [-0.1, -0.05) is 0 Å². The first-order chi connectivity index (χ1) is 23.9. The van der Waals surface area contributed by atoms with Gasteiger partial charge in [-0.3, -0.25) is 43.3 Å². The van der Waals surface area contributed by atoms with Crippen molar-refractivity contribution in [1.29, 1.82) is 0 Å². The number of carboxylic acids is 4. The zero-order chi connectivity index (χ0) is 38.2. The lowest BCUT2D eigenvalue weighted by Gasteiger charge is -2.33. The number of hydrogen-bond acceptors (Lipinski definition) is 14. The van der Waals surface area contributed by atoms with Crippen molar-refractivity contribution in [2.24, 2.45) is 16.9 Å². The van der Waals surface area contributed by atoms with Crippen molar-refractivity contribution in [3.05, 3.63) is 46.1 Å². The summed E-state index contributed by atoms with van der Waals surface area (Å²) in [6.45, 7) is 0.369. The van der Waals surface area contributed by atoms with Gasteiger partial charge in [-0.2, -0.15) is 4.98 Å². The van der Waals surface area contributed by atoms with Gasteiger partial charge < -0.3 is 52.8 Å². The largest absolute Gasteiger partial charge is 0.481 e.